The van der Waals surface area contributed by atoms with E-state index in [4.69, 9.17) is 16.3 Å². The number of aryl methyl sites for hydroxylation is 1. The van der Waals surface area contributed by atoms with Crippen molar-refractivity contribution in [2.24, 2.45) is 0 Å². The summed E-state index contributed by atoms with van der Waals surface area (Å²) in [7, 11) is 1.58. The monoisotopic (exact) mass is 241 g/mol. The van der Waals surface area contributed by atoms with Crippen LogP contribution in [0.15, 0.2) is 24.3 Å². The summed E-state index contributed by atoms with van der Waals surface area (Å²) in [4.78, 5) is 11.8. The lowest BCUT2D eigenvalue weighted by molar-refractivity contribution is 0.0948. The summed E-state index contributed by atoms with van der Waals surface area (Å²) in [6, 6.07) is 7.45. The first-order chi connectivity index (χ1) is 7.65. The van der Waals surface area contributed by atoms with Crippen molar-refractivity contribution in [3.05, 3.63) is 35.4 Å². The molecule has 88 valence electrons. The summed E-state index contributed by atoms with van der Waals surface area (Å²) in [5.74, 6) is -0.0974. The van der Waals surface area contributed by atoms with E-state index in [-0.39, 0.29) is 11.3 Å². The molecule has 1 atom stereocenters. The molecule has 0 spiro atoms. The Balaban J connectivity index is 2.50. The van der Waals surface area contributed by atoms with Gasteiger partial charge in [0.05, 0.1) is 12.0 Å². The third-order valence-corrected chi connectivity index (χ3v) is 2.50. The van der Waals surface area contributed by atoms with Crippen LogP contribution in [0.25, 0.3) is 0 Å². The third-order valence-electron chi connectivity index (χ3n) is 2.22. The number of amides is 1. The van der Waals surface area contributed by atoms with E-state index in [0.29, 0.717) is 18.7 Å². The topological polar surface area (TPSA) is 38.3 Å². The van der Waals surface area contributed by atoms with Gasteiger partial charge in [-0.25, -0.2) is 0 Å². The molecule has 0 fully saturated rings. The quantitative estimate of drug-likeness (QED) is 0.801. The van der Waals surface area contributed by atoms with Crippen molar-refractivity contribution < 1.29 is 9.53 Å². The van der Waals surface area contributed by atoms with Crippen molar-refractivity contribution in [2.45, 2.75) is 12.3 Å². The van der Waals surface area contributed by atoms with Crippen molar-refractivity contribution in [1.82, 2.24) is 5.32 Å². The van der Waals surface area contributed by atoms with Gasteiger partial charge in [-0.05, 0) is 18.6 Å². The van der Waals surface area contributed by atoms with E-state index >= 15 is 0 Å². The molecule has 0 aromatic heterocycles. The normalized spacial score (nSPS) is 12.2. The first-order valence-corrected chi connectivity index (χ1v) is 5.55. The molecule has 1 amide bonds. The molecule has 0 heterocycles. The fourth-order valence-corrected chi connectivity index (χ4v) is 1.57. The summed E-state index contributed by atoms with van der Waals surface area (Å²) in [5.41, 5.74) is 1.64. The average Bonchev–Trinajstić information content (AvgIpc) is 2.27. The fourth-order valence-electron chi connectivity index (χ4n) is 1.37. The van der Waals surface area contributed by atoms with E-state index in [9.17, 15) is 4.79 Å². The maximum atomic E-state index is 11.8. The van der Waals surface area contributed by atoms with Gasteiger partial charge < -0.3 is 10.1 Å². The highest BCUT2D eigenvalue weighted by Gasteiger charge is 2.10. The van der Waals surface area contributed by atoms with E-state index < -0.39 is 0 Å². The summed E-state index contributed by atoms with van der Waals surface area (Å²) in [6.07, 6.45) is 0. The number of hydrogen-bond acceptors (Lipinski definition) is 2. The van der Waals surface area contributed by atoms with E-state index in [2.05, 4.69) is 5.32 Å². The molecule has 0 bridgehead atoms. The van der Waals surface area contributed by atoms with Crippen LogP contribution >= 0.6 is 11.6 Å². The van der Waals surface area contributed by atoms with Crippen LogP contribution in [0.1, 0.15) is 15.9 Å². The summed E-state index contributed by atoms with van der Waals surface area (Å²) >= 11 is 5.91. The van der Waals surface area contributed by atoms with Crippen molar-refractivity contribution in [2.75, 3.05) is 20.3 Å². The minimum absolute atomic E-state index is 0.0974. The molecule has 0 aliphatic rings. The maximum absolute atomic E-state index is 11.8. The molecule has 1 aromatic carbocycles. The van der Waals surface area contributed by atoms with E-state index in [1.807, 2.05) is 25.1 Å². The zero-order chi connectivity index (χ0) is 12.0. The Morgan fingerprint density at radius 2 is 2.19 bits per heavy atom. The fraction of sp³-hybridized carbons (Fsp3) is 0.417. The van der Waals surface area contributed by atoms with Crippen LogP contribution in [-0.4, -0.2) is 31.5 Å². The molecule has 1 aromatic rings. The zero-order valence-corrected chi connectivity index (χ0v) is 10.3. The van der Waals surface area contributed by atoms with Gasteiger partial charge in [0, 0.05) is 19.2 Å². The standard InChI is InChI=1S/C12H16ClNO2/c1-9-5-3-4-6-11(9)12(15)14-7-10(13)8-16-2/h3-6,10H,7-8H2,1-2H3,(H,14,15). The Hall–Kier alpha value is -1.06. The van der Waals surface area contributed by atoms with Crippen LogP contribution in [0, 0.1) is 6.92 Å². The molecular formula is C12H16ClNO2. The minimum Gasteiger partial charge on any atom is -0.383 e. The maximum Gasteiger partial charge on any atom is 0.251 e. The lowest BCUT2D eigenvalue weighted by atomic mass is 10.1. The van der Waals surface area contributed by atoms with Gasteiger partial charge in [-0.1, -0.05) is 18.2 Å². The highest BCUT2D eigenvalue weighted by Crippen LogP contribution is 2.06. The van der Waals surface area contributed by atoms with E-state index in [1.165, 1.54) is 0 Å². The number of halogens is 1. The van der Waals surface area contributed by atoms with Gasteiger partial charge in [0.1, 0.15) is 0 Å². The molecule has 0 radical (unpaired) electrons. The van der Waals surface area contributed by atoms with Crippen LogP contribution in [0.4, 0.5) is 0 Å². The van der Waals surface area contributed by atoms with Gasteiger partial charge in [0.25, 0.3) is 5.91 Å². The van der Waals surface area contributed by atoms with Crippen LogP contribution in [0.2, 0.25) is 0 Å². The van der Waals surface area contributed by atoms with Crippen LogP contribution in [0.5, 0.6) is 0 Å². The third kappa shape index (κ3) is 3.83. The highest BCUT2D eigenvalue weighted by atomic mass is 35.5. The van der Waals surface area contributed by atoms with E-state index in [1.54, 1.807) is 13.2 Å². The molecule has 1 unspecified atom stereocenters. The molecule has 3 nitrogen and oxygen atoms in total. The van der Waals surface area contributed by atoms with Gasteiger partial charge in [0.15, 0.2) is 0 Å². The first kappa shape index (κ1) is 13.0. The number of alkyl halides is 1. The molecule has 0 saturated carbocycles. The first-order valence-electron chi connectivity index (χ1n) is 5.12. The van der Waals surface area contributed by atoms with Crippen molar-refractivity contribution in [3.8, 4) is 0 Å². The number of rotatable bonds is 5. The predicted molar refractivity (Wildman–Crippen MR) is 65.0 cm³/mol. The second-order valence-electron chi connectivity index (χ2n) is 3.58. The molecular weight excluding hydrogens is 226 g/mol. The smallest absolute Gasteiger partial charge is 0.251 e. The SMILES string of the molecule is COCC(Cl)CNC(=O)c1ccccc1C. The second-order valence-corrected chi connectivity index (χ2v) is 4.19. The van der Waals surface area contributed by atoms with Gasteiger partial charge in [-0.3, -0.25) is 4.79 Å². The lowest BCUT2D eigenvalue weighted by Crippen LogP contribution is -2.32. The Kier molecular flexibility index (Phi) is 5.29. The molecule has 0 aliphatic heterocycles. The van der Waals surface area contributed by atoms with Gasteiger partial charge in [-0.15, -0.1) is 11.6 Å². The number of methoxy groups -OCH3 is 1. The van der Waals surface area contributed by atoms with Crippen molar-refractivity contribution in [1.29, 1.82) is 0 Å². The van der Waals surface area contributed by atoms with Gasteiger partial charge in [0.2, 0.25) is 0 Å². The average molecular weight is 242 g/mol. The van der Waals surface area contributed by atoms with Crippen molar-refractivity contribution >= 4 is 17.5 Å². The molecule has 1 rings (SSSR count). The Labute approximate surface area is 101 Å². The molecule has 16 heavy (non-hydrogen) atoms. The van der Waals surface area contributed by atoms with Crippen LogP contribution in [0.3, 0.4) is 0 Å². The number of ether oxygens (including phenoxy) is 1. The minimum atomic E-state index is -0.196. The number of carbonyl (C=O) groups is 1. The highest BCUT2D eigenvalue weighted by molar-refractivity contribution is 6.21. The number of nitrogens with one attached hydrogen (secondary N) is 1. The summed E-state index contributed by atoms with van der Waals surface area (Å²) < 4.78 is 4.88. The zero-order valence-electron chi connectivity index (χ0n) is 9.50. The number of hydrogen-bond donors (Lipinski definition) is 1. The number of carbonyl (C=O) groups excluding carboxylic acids is 1. The predicted octanol–water partition coefficient (Wildman–Crippen LogP) is 1.98. The summed E-state index contributed by atoms with van der Waals surface area (Å²) in [6.45, 7) is 2.74. The number of benzene rings is 1. The molecule has 0 aliphatic carbocycles. The lowest BCUT2D eigenvalue weighted by Gasteiger charge is -2.10. The van der Waals surface area contributed by atoms with Crippen LogP contribution in [-0.2, 0) is 4.74 Å². The van der Waals surface area contributed by atoms with Crippen LogP contribution < -0.4 is 5.32 Å². The molecule has 4 heteroatoms. The Morgan fingerprint density at radius 3 is 2.81 bits per heavy atom. The van der Waals surface area contributed by atoms with Gasteiger partial charge in [-0.2, -0.15) is 0 Å². The molecule has 0 saturated heterocycles. The van der Waals surface area contributed by atoms with E-state index in [0.717, 1.165) is 5.56 Å². The Bertz CT molecular complexity index is 355. The summed E-state index contributed by atoms with van der Waals surface area (Å²) in [5, 5.41) is 2.58. The Morgan fingerprint density at radius 1 is 1.50 bits per heavy atom. The molecule has 1 N–H and O–H groups in total. The van der Waals surface area contributed by atoms with Crippen molar-refractivity contribution in [3.63, 3.8) is 0 Å². The second kappa shape index (κ2) is 6.51. The van der Waals surface area contributed by atoms with Gasteiger partial charge >= 0.3 is 0 Å². The largest absolute Gasteiger partial charge is 0.383 e.